The van der Waals surface area contributed by atoms with Crippen LogP contribution in [-0.2, 0) is 43.5 Å². The van der Waals surface area contributed by atoms with Crippen molar-refractivity contribution in [2.75, 3.05) is 0 Å². The zero-order chi connectivity index (χ0) is 21.7. The summed E-state index contributed by atoms with van der Waals surface area (Å²) < 4.78 is 0. The van der Waals surface area contributed by atoms with Crippen molar-refractivity contribution < 1.29 is 51.0 Å². The third-order valence-corrected chi connectivity index (χ3v) is 5.08. The van der Waals surface area contributed by atoms with Crippen molar-refractivity contribution in [3.8, 4) is 11.1 Å². The smallest absolute Gasteiger partial charge is 1.00 e. The Morgan fingerprint density at radius 3 is 1.75 bits per heavy atom. The Labute approximate surface area is 231 Å². The summed E-state index contributed by atoms with van der Waals surface area (Å²) in [6.45, 7) is 18.1. The minimum Gasteiger partial charge on any atom is -1.00 e. The van der Waals surface area contributed by atoms with Crippen molar-refractivity contribution in [3.63, 3.8) is 0 Å². The molecule has 0 heterocycles. The minimum absolute atomic E-state index is 0. The number of halogens is 2. The molecule has 0 nitrogen and oxygen atoms in total. The van der Waals surface area contributed by atoms with Gasteiger partial charge in [0.2, 0.25) is 0 Å². The van der Waals surface area contributed by atoms with Gasteiger partial charge < -0.3 is 24.8 Å². The Hall–Kier alpha value is -0.530. The fraction of sp³-hybridized carbons (Fsp3) is 0.393. The molecule has 3 aromatic carbocycles. The van der Waals surface area contributed by atoms with E-state index in [4.69, 9.17) is 0 Å². The fourth-order valence-corrected chi connectivity index (χ4v) is 3.31. The van der Waals surface area contributed by atoms with Crippen LogP contribution in [0.15, 0.2) is 60.7 Å². The number of hydrogen-bond donors (Lipinski definition) is 0. The van der Waals surface area contributed by atoms with E-state index in [1.165, 1.54) is 33.4 Å². The average Bonchev–Trinajstić information content (AvgIpc) is 3.31. The molecule has 4 heteroatoms. The molecule has 0 amide bonds. The number of hydrogen-bond acceptors (Lipinski definition) is 0. The van der Waals surface area contributed by atoms with E-state index in [2.05, 4.69) is 91.0 Å². The molecule has 0 spiro atoms. The van der Waals surface area contributed by atoms with Crippen molar-refractivity contribution in [1.82, 2.24) is 0 Å². The van der Waals surface area contributed by atoms with Crippen molar-refractivity contribution >= 4 is 9.52 Å². The van der Waals surface area contributed by atoms with Gasteiger partial charge in [-0.05, 0) is 17.4 Å². The van der Waals surface area contributed by atoms with Gasteiger partial charge >= 0.3 is 26.2 Å². The summed E-state index contributed by atoms with van der Waals surface area (Å²) in [5.74, 6) is 0. The van der Waals surface area contributed by atoms with Gasteiger partial charge in [-0.3, -0.25) is 0 Å². The first kappa shape index (κ1) is 33.6. The molecule has 1 radical (unpaired) electrons. The van der Waals surface area contributed by atoms with Gasteiger partial charge in [-0.25, -0.2) is 12.1 Å². The van der Waals surface area contributed by atoms with E-state index in [0.29, 0.717) is 0 Å². The normalized spacial score (nSPS) is 11.0. The number of fused-ring (bicyclic) bond motifs is 3. The van der Waals surface area contributed by atoms with Crippen molar-refractivity contribution in [3.05, 3.63) is 89.0 Å². The molecule has 0 fully saturated rings. The SMILES string of the molecule is CC(C)(C)c1c[c-]c2c(c1)-c1cc(C(C)(C)C)ccc1C2.C[SiH]C.[Cl-].[Cl-].[Zr+4].c1cc[cH-]c1. The molecule has 0 aromatic heterocycles. The number of rotatable bonds is 0. The Bertz CT molecular complexity index is 825. The van der Waals surface area contributed by atoms with E-state index in [1.807, 2.05) is 30.3 Å². The molecular formula is C28H37Cl2SiZr. The van der Waals surface area contributed by atoms with Crippen LogP contribution in [0.25, 0.3) is 11.1 Å². The van der Waals surface area contributed by atoms with Gasteiger partial charge in [0.25, 0.3) is 0 Å². The first-order valence-corrected chi connectivity index (χ1v) is 13.0. The summed E-state index contributed by atoms with van der Waals surface area (Å²) in [4.78, 5) is 0. The fourth-order valence-electron chi connectivity index (χ4n) is 3.31. The van der Waals surface area contributed by atoms with E-state index in [9.17, 15) is 0 Å². The quantitative estimate of drug-likeness (QED) is 0.225. The molecule has 0 atom stereocenters. The van der Waals surface area contributed by atoms with Crippen LogP contribution in [0.1, 0.15) is 63.8 Å². The van der Waals surface area contributed by atoms with E-state index in [0.717, 1.165) is 15.9 Å². The molecule has 0 N–H and O–H groups in total. The van der Waals surface area contributed by atoms with Crippen molar-refractivity contribution in [1.29, 1.82) is 0 Å². The van der Waals surface area contributed by atoms with Gasteiger partial charge in [0, 0.05) is 9.52 Å². The first-order valence-electron chi connectivity index (χ1n) is 10.7. The van der Waals surface area contributed by atoms with Gasteiger partial charge in [0.05, 0.1) is 0 Å². The predicted molar refractivity (Wildman–Crippen MR) is 132 cm³/mol. The van der Waals surface area contributed by atoms with Crippen LogP contribution in [0.5, 0.6) is 0 Å². The van der Waals surface area contributed by atoms with Gasteiger partial charge in [-0.2, -0.15) is 47.5 Å². The van der Waals surface area contributed by atoms with E-state index in [-0.39, 0.29) is 61.8 Å². The maximum absolute atomic E-state index is 3.53. The molecular weight excluding hydrogens is 527 g/mol. The second-order valence-corrected chi connectivity index (χ2v) is 11.0. The molecule has 0 bridgehead atoms. The van der Waals surface area contributed by atoms with Crippen LogP contribution in [0, 0.1) is 6.07 Å². The standard InChI is InChI=1S/C21H25.C5H5.C2H7Si.2ClH.Zr/c1-20(2,3)16-9-7-14-11-15-8-10-17(21(4,5)6)13-19(15)18(14)12-16;1-2-4-5-3-1;1-3-2;;;/h7,9-10,12-13H,11H2,1-6H3;1-5H;3H,1-2H3;2*1H;/q2*-1;;;;+4/p-2. The second-order valence-electron chi connectivity index (χ2n) is 9.87. The van der Waals surface area contributed by atoms with E-state index >= 15 is 0 Å². The van der Waals surface area contributed by atoms with Gasteiger partial charge in [-0.1, -0.05) is 89.4 Å². The maximum atomic E-state index is 3.53. The van der Waals surface area contributed by atoms with E-state index < -0.39 is 0 Å². The maximum Gasteiger partial charge on any atom is 4.00 e. The van der Waals surface area contributed by atoms with Crippen LogP contribution in [0.3, 0.4) is 0 Å². The zero-order valence-corrected chi connectivity index (χ0v) is 25.9. The molecule has 32 heavy (non-hydrogen) atoms. The van der Waals surface area contributed by atoms with Crippen molar-refractivity contribution in [2.45, 2.75) is 71.9 Å². The molecule has 3 aromatic rings. The van der Waals surface area contributed by atoms with Gasteiger partial charge in [0.15, 0.2) is 0 Å². The average molecular weight is 564 g/mol. The molecule has 4 rings (SSSR count). The zero-order valence-electron chi connectivity index (χ0n) is 20.8. The van der Waals surface area contributed by atoms with Crippen LogP contribution >= 0.6 is 0 Å². The van der Waals surface area contributed by atoms with Crippen molar-refractivity contribution in [2.24, 2.45) is 0 Å². The Morgan fingerprint density at radius 1 is 0.812 bits per heavy atom. The minimum atomic E-state index is 0. The number of benzene rings is 2. The topological polar surface area (TPSA) is 0 Å². The Morgan fingerprint density at radius 2 is 1.31 bits per heavy atom. The molecule has 0 saturated heterocycles. The largest absolute Gasteiger partial charge is 4.00 e. The molecule has 0 aliphatic heterocycles. The molecule has 0 saturated carbocycles. The van der Waals surface area contributed by atoms with Gasteiger partial charge in [0.1, 0.15) is 0 Å². The Kier molecular flexibility index (Phi) is 15.4. The van der Waals surface area contributed by atoms with Gasteiger partial charge in [-0.15, -0.1) is 5.56 Å². The molecule has 1 aliphatic rings. The third-order valence-electron chi connectivity index (χ3n) is 5.08. The summed E-state index contributed by atoms with van der Waals surface area (Å²) in [5, 5.41) is 0. The third kappa shape index (κ3) is 9.38. The summed E-state index contributed by atoms with van der Waals surface area (Å²) in [6, 6.07) is 25.1. The summed E-state index contributed by atoms with van der Waals surface area (Å²) in [5.41, 5.74) is 8.76. The monoisotopic (exact) mass is 561 g/mol. The summed E-state index contributed by atoms with van der Waals surface area (Å²) >= 11 is 0. The predicted octanol–water partition coefficient (Wildman–Crippen LogP) is 1.58. The summed E-state index contributed by atoms with van der Waals surface area (Å²) in [7, 11) is 0.750. The van der Waals surface area contributed by atoms with Crippen LogP contribution < -0.4 is 24.8 Å². The Balaban J connectivity index is 0. The van der Waals surface area contributed by atoms with Crippen LogP contribution in [0.2, 0.25) is 13.1 Å². The molecule has 0 unspecified atom stereocenters. The second kappa shape index (κ2) is 14.7. The molecule has 171 valence electrons. The molecule has 1 aliphatic carbocycles. The van der Waals surface area contributed by atoms with Crippen LogP contribution in [-0.4, -0.2) is 9.52 Å². The van der Waals surface area contributed by atoms with E-state index in [1.54, 1.807) is 0 Å². The first-order chi connectivity index (χ1) is 13.6. The summed E-state index contributed by atoms with van der Waals surface area (Å²) in [6.07, 6.45) is 1.03. The van der Waals surface area contributed by atoms with Crippen LogP contribution in [0.4, 0.5) is 0 Å².